The second-order valence-corrected chi connectivity index (χ2v) is 4.92. The van der Waals surface area contributed by atoms with Crippen LogP contribution in [0.1, 0.15) is 51.4 Å². The number of hydrogen-bond acceptors (Lipinski definition) is 1. The summed E-state index contributed by atoms with van der Waals surface area (Å²) >= 11 is 0. The molecule has 2 aliphatic rings. The maximum Gasteiger partial charge on any atom is 0.267 e. The predicted octanol–water partition coefficient (Wildman–Crippen LogP) is 3.12. The Bertz CT molecular complexity index is 205. The van der Waals surface area contributed by atoms with Crippen LogP contribution in [0, 0.1) is 5.41 Å². The molecule has 0 saturated heterocycles. The zero-order chi connectivity index (χ0) is 10.2. The van der Waals surface area contributed by atoms with E-state index in [0.29, 0.717) is 6.42 Å². The molecule has 3 heteroatoms. The highest BCUT2D eigenvalue weighted by molar-refractivity contribution is 5.05. The van der Waals surface area contributed by atoms with Crippen molar-refractivity contribution in [3.05, 3.63) is 0 Å². The van der Waals surface area contributed by atoms with Crippen molar-refractivity contribution in [3.63, 3.8) is 0 Å². The van der Waals surface area contributed by atoms with Gasteiger partial charge < -0.3 is 5.11 Å². The Labute approximate surface area is 83.5 Å². The molecule has 1 atom stereocenters. The van der Waals surface area contributed by atoms with Crippen molar-refractivity contribution in [2.75, 3.05) is 0 Å². The van der Waals surface area contributed by atoms with Gasteiger partial charge in [0.25, 0.3) is 6.43 Å². The van der Waals surface area contributed by atoms with Crippen molar-refractivity contribution in [1.82, 2.24) is 0 Å². The molecular formula is C11H18F2O. The zero-order valence-corrected chi connectivity index (χ0v) is 8.44. The first-order valence-corrected chi connectivity index (χ1v) is 5.61. The van der Waals surface area contributed by atoms with E-state index in [1.54, 1.807) is 0 Å². The molecule has 14 heavy (non-hydrogen) atoms. The summed E-state index contributed by atoms with van der Waals surface area (Å²) in [6.45, 7) is 0. The largest absolute Gasteiger partial charge is 0.383 e. The van der Waals surface area contributed by atoms with E-state index in [1.807, 2.05) is 0 Å². The van der Waals surface area contributed by atoms with Crippen LogP contribution in [0.15, 0.2) is 0 Å². The van der Waals surface area contributed by atoms with Crippen LogP contribution in [0.25, 0.3) is 0 Å². The molecule has 0 aliphatic heterocycles. The van der Waals surface area contributed by atoms with E-state index in [4.69, 9.17) is 0 Å². The molecule has 0 heterocycles. The number of rotatable bonds is 1. The van der Waals surface area contributed by atoms with Crippen LogP contribution in [-0.4, -0.2) is 17.1 Å². The fraction of sp³-hybridized carbons (Fsp3) is 1.00. The molecular weight excluding hydrogens is 186 g/mol. The Balaban J connectivity index is 2.26. The molecule has 0 bridgehead atoms. The number of hydrogen-bond donors (Lipinski definition) is 1. The van der Waals surface area contributed by atoms with Crippen LogP contribution >= 0.6 is 0 Å². The first-order valence-electron chi connectivity index (χ1n) is 5.61. The van der Waals surface area contributed by atoms with E-state index in [1.165, 1.54) is 0 Å². The number of aliphatic hydroxyl groups is 1. The van der Waals surface area contributed by atoms with Crippen molar-refractivity contribution in [3.8, 4) is 0 Å². The average molecular weight is 204 g/mol. The predicted molar refractivity (Wildman–Crippen MR) is 50.3 cm³/mol. The van der Waals surface area contributed by atoms with Crippen molar-refractivity contribution in [1.29, 1.82) is 0 Å². The Kier molecular flexibility index (Phi) is 2.54. The molecule has 0 amide bonds. The molecule has 2 rings (SSSR count). The van der Waals surface area contributed by atoms with E-state index < -0.39 is 17.4 Å². The van der Waals surface area contributed by atoms with E-state index in [-0.39, 0.29) is 0 Å². The first kappa shape index (κ1) is 10.3. The topological polar surface area (TPSA) is 20.2 Å². The fourth-order valence-corrected chi connectivity index (χ4v) is 3.41. The molecule has 1 N–H and O–H groups in total. The molecule has 0 aromatic heterocycles. The highest BCUT2D eigenvalue weighted by Crippen LogP contribution is 2.56. The smallest absolute Gasteiger partial charge is 0.267 e. The van der Waals surface area contributed by atoms with Crippen LogP contribution in [0.3, 0.4) is 0 Å². The molecule has 2 saturated carbocycles. The Morgan fingerprint density at radius 2 is 1.29 bits per heavy atom. The standard InChI is InChI=1S/C11H18F2O/c12-9(13)11(14)8-4-3-7-10(11)5-1-2-6-10/h9,14H,1-8H2. The van der Waals surface area contributed by atoms with E-state index >= 15 is 0 Å². The normalized spacial score (nSPS) is 36.9. The van der Waals surface area contributed by atoms with Gasteiger partial charge in [0, 0.05) is 5.41 Å². The molecule has 0 radical (unpaired) electrons. The minimum atomic E-state index is -2.57. The van der Waals surface area contributed by atoms with Gasteiger partial charge >= 0.3 is 0 Å². The van der Waals surface area contributed by atoms with Gasteiger partial charge in [0.1, 0.15) is 5.60 Å². The average Bonchev–Trinajstić information content (AvgIpc) is 2.60. The second-order valence-electron chi connectivity index (χ2n) is 4.92. The van der Waals surface area contributed by atoms with Gasteiger partial charge in [0.2, 0.25) is 0 Å². The summed E-state index contributed by atoms with van der Waals surface area (Å²) in [4.78, 5) is 0. The quantitative estimate of drug-likeness (QED) is 0.695. The molecule has 2 aliphatic carbocycles. The third-order valence-corrected chi connectivity index (χ3v) is 4.30. The Morgan fingerprint density at radius 1 is 0.857 bits per heavy atom. The van der Waals surface area contributed by atoms with Gasteiger partial charge in [-0.1, -0.05) is 25.7 Å². The number of halogens is 2. The van der Waals surface area contributed by atoms with Crippen LogP contribution in [0.2, 0.25) is 0 Å². The summed E-state index contributed by atoms with van der Waals surface area (Å²) in [6.07, 6.45) is 3.91. The Morgan fingerprint density at radius 3 is 1.71 bits per heavy atom. The lowest BCUT2D eigenvalue weighted by Crippen LogP contribution is -2.54. The van der Waals surface area contributed by atoms with E-state index in [9.17, 15) is 13.9 Å². The lowest BCUT2D eigenvalue weighted by atomic mass is 9.62. The minimum absolute atomic E-state index is 0.296. The highest BCUT2D eigenvalue weighted by Gasteiger charge is 2.57. The van der Waals surface area contributed by atoms with Crippen LogP contribution in [0.5, 0.6) is 0 Å². The maximum atomic E-state index is 13.0. The summed E-state index contributed by atoms with van der Waals surface area (Å²) in [5.41, 5.74) is -2.12. The highest BCUT2D eigenvalue weighted by atomic mass is 19.3. The molecule has 1 nitrogen and oxygen atoms in total. The van der Waals surface area contributed by atoms with Gasteiger partial charge in [-0.15, -0.1) is 0 Å². The van der Waals surface area contributed by atoms with Gasteiger partial charge in [-0.3, -0.25) is 0 Å². The van der Waals surface area contributed by atoms with Crippen molar-refractivity contribution in [2.24, 2.45) is 5.41 Å². The minimum Gasteiger partial charge on any atom is -0.383 e. The Hall–Kier alpha value is -0.180. The van der Waals surface area contributed by atoms with Gasteiger partial charge in [-0.2, -0.15) is 0 Å². The van der Waals surface area contributed by atoms with Crippen LogP contribution in [-0.2, 0) is 0 Å². The fourth-order valence-electron chi connectivity index (χ4n) is 3.41. The lowest BCUT2D eigenvalue weighted by Gasteiger charge is -2.48. The number of alkyl halides is 2. The molecule has 0 aromatic rings. The summed E-state index contributed by atoms with van der Waals surface area (Å²) in [5.74, 6) is 0. The third kappa shape index (κ3) is 1.28. The monoisotopic (exact) mass is 204 g/mol. The zero-order valence-electron chi connectivity index (χ0n) is 8.44. The van der Waals surface area contributed by atoms with Crippen molar-refractivity contribution < 1.29 is 13.9 Å². The lowest BCUT2D eigenvalue weighted by molar-refractivity contribution is -0.193. The molecule has 1 spiro atoms. The van der Waals surface area contributed by atoms with E-state index in [2.05, 4.69) is 0 Å². The van der Waals surface area contributed by atoms with Gasteiger partial charge in [-0.25, -0.2) is 8.78 Å². The first-order chi connectivity index (χ1) is 6.61. The summed E-state index contributed by atoms with van der Waals surface area (Å²) in [5, 5.41) is 10.1. The maximum absolute atomic E-state index is 13.0. The molecule has 2 fully saturated rings. The molecule has 0 aromatic carbocycles. The van der Waals surface area contributed by atoms with Crippen LogP contribution < -0.4 is 0 Å². The third-order valence-electron chi connectivity index (χ3n) is 4.30. The van der Waals surface area contributed by atoms with Crippen molar-refractivity contribution >= 4 is 0 Å². The van der Waals surface area contributed by atoms with Gasteiger partial charge in [0.05, 0.1) is 0 Å². The van der Waals surface area contributed by atoms with E-state index in [0.717, 1.165) is 44.9 Å². The van der Waals surface area contributed by atoms with Crippen molar-refractivity contribution in [2.45, 2.75) is 63.4 Å². The summed E-state index contributed by atoms with van der Waals surface area (Å²) < 4.78 is 25.9. The molecule has 82 valence electrons. The molecule has 1 unspecified atom stereocenters. The summed E-state index contributed by atoms with van der Waals surface area (Å²) in [6, 6.07) is 0. The van der Waals surface area contributed by atoms with Gasteiger partial charge in [-0.05, 0) is 25.7 Å². The van der Waals surface area contributed by atoms with Gasteiger partial charge in [0.15, 0.2) is 0 Å². The summed E-state index contributed by atoms with van der Waals surface area (Å²) in [7, 11) is 0. The second kappa shape index (κ2) is 3.44. The van der Waals surface area contributed by atoms with Crippen LogP contribution in [0.4, 0.5) is 8.78 Å². The SMILES string of the molecule is OC1(C(F)F)CCCCC12CCCC2.